The summed E-state index contributed by atoms with van der Waals surface area (Å²) >= 11 is 0. The van der Waals surface area contributed by atoms with E-state index in [-0.39, 0.29) is 17.0 Å². The molecular weight excluding hydrogens is 240 g/mol. The van der Waals surface area contributed by atoms with E-state index in [4.69, 9.17) is 0 Å². The van der Waals surface area contributed by atoms with E-state index in [0.29, 0.717) is 6.54 Å². The van der Waals surface area contributed by atoms with Crippen LogP contribution in [-0.4, -0.2) is 10.5 Å². The predicted molar refractivity (Wildman–Crippen MR) is 74.0 cm³/mol. The van der Waals surface area contributed by atoms with Crippen LogP contribution in [0.1, 0.15) is 21.5 Å². The Bertz CT molecular complexity index is 642. The highest BCUT2D eigenvalue weighted by molar-refractivity contribution is 5.93. The summed E-state index contributed by atoms with van der Waals surface area (Å²) in [5, 5.41) is 2.75. The van der Waals surface area contributed by atoms with E-state index in [9.17, 15) is 9.59 Å². The largest absolute Gasteiger partial charge is 0.348 e. The number of carbonyl (C=O) groups excluding carboxylic acids is 1. The molecule has 0 atom stereocenters. The van der Waals surface area contributed by atoms with E-state index < -0.39 is 0 Å². The molecule has 0 aliphatic carbocycles. The minimum absolute atomic E-state index is 0.164. The van der Waals surface area contributed by atoms with E-state index in [1.54, 1.807) is 19.3 Å². The van der Waals surface area contributed by atoms with Gasteiger partial charge < -0.3 is 9.88 Å². The van der Waals surface area contributed by atoms with Gasteiger partial charge in [-0.1, -0.05) is 29.8 Å². The molecule has 4 nitrogen and oxygen atoms in total. The molecule has 1 heterocycles. The molecule has 1 amide bonds. The second-order valence-corrected chi connectivity index (χ2v) is 4.51. The highest BCUT2D eigenvalue weighted by Gasteiger charge is 2.10. The number of nitrogens with one attached hydrogen (secondary N) is 1. The highest BCUT2D eigenvalue weighted by atomic mass is 16.2. The summed E-state index contributed by atoms with van der Waals surface area (Å²) in [4.78, 5) is 23.7. The Kier molecular flexibility index (Phi) is 3.80. The van der Waals surface area contributed by atoms with Gasteiger partial charge in [0, 0.05) is 19.8 Å². The maximum atomic E-state index is 11.9. The van der Waals surface area contributed by atoms with Crippen molar-refractivity contribution in [2.75, 3.05) is 0 Å². The van der Waals surface area contributed by atoms with E-state index in [1.165, 1.54) is 16.2 Å². The molecule has 4 heteroatoms. The number of aryl methyl sites for hydroxylation is 2. The molecule has 0 spiro atoms. The molecule has 19 heavy (non-hydrogen) atoms. The summed E-state index contributed by atoms with van der Waals surface area (Å²) < 4.78 is 1.39. The third-order valence-corrected chi connectivity index (χ3v) is 2.94. The molecule has 2 rings (SSSR count). The van der Waals surface area contributed by atoms with Crippen LogP contribution in [0.15, 0.2) is 47.4 Å². The average molecular weight is 256 g/mol. The average Bonchev–Trinajstić information content (AvgIpc) is 2.41. The van der Waals surface area contributed by atoms with E-state index in [1.807, 2.05) is 31.2 Å². The Hall–Kier alpha value is -2.36. The first-order valence-electron chi connectivity index (χ1n) is 6.07. The minimum Gasteiger partial charge on any atom is -0.348 e. The van der Waals surface area contributed by atoms with Crippen molar-refractivity contribution in [1.82, 2.24) is 9.88 Å². The van der Waals surface area contributed by atoms with Crippen LogP contribution in [-0.2, 0) is 13.6 Å². The van der Waals surface area contributed by atoms with Crippen LogP contribution in [0.5, 0.6) is 0 Å². The highest BCUT2D eigenvalue weighted by Crippen LogP contribution is 2.03. The number of pyridine rings is 1. The van der Waals surface area contributed by atoms with Crippen LogP contribution in [0.25, 0.3) is 0 Å². The van der Waals surface area contributed by atoms with Crippen molar-refractivity contribution in [3.8, 4) is 0 Å². The molecule has 0 bridgehead atoms. The normalized spacial score (nSPS) is 10.2. The fourth-order valence-corrected chi connectivity index (χ4v) is 1.75. The second kappa shape index (κ2) is 5.52. The van der Waals surface area contributed by atoms with Crippen molar-refractivity contribution in [2.45, 2.75) is 13.5 Å². The molecular formula is C15H16N2O2. The first-order chi connectivity index (χ1) is 9.08. The van der Waals surface area contributed by atoms with E-state index >= 15 is 0 Å². The number of amides is 1. The lowest BCUT2D eigenvalue weighted by Gasteiger charge is -2.06. The van der Waals surface area contributed by atoms with Crippen molar-refractivity contribution in [3.63, 3.8) is 0 Å². The molecule has 0 aliphatic rings. The quantitative estimate of drug-likeness (QED) is 0.907. The number of benzene rings is 1. The number of nitrogens with zero attached hydrogens (tertiary/aromatic N) is 1. The molecule has 0 saturated carbocycles. The Balaban J connectivity index is 2.07. The standard InChI is InChI=1S/C15H16N2O2/c1-11-5-7-12(8-6-11)10-16-14(18)13-4-3-9-17(2)15(13)19/h3-9H,10H2,1-2H3,(H,16,18). The van der Waals surface area contributed by atoms with Crippen LogP contribution >= 0.6 is 0 Å². The topological polar surface area (TPSA) is 51.1 Å². The zero-order valence-corrected chi connectivity index (χ0v) is 11.0. The summed E-state index contributed by atoms with van der Waals surface area (Å²) in [6, 6.07) is 11.1. The van der Waals surface area contributed by atoms with Gasteiger partial charge >= 0.3 is 0 Å². The smallest absolute Gasteiger partial charge is 0.263 e. The van der Waals surface area contributed by atoms with Crippen LogP contribution in [0.2, 0.25) is 0 Å². The number of rotatable bonds is 3. The number of hydrogen-bond donors (Lipinski definition) is 1. The Morgan fingerprint density at radius 3 is 2.58 bits per heavy atom. The van der Waals surface area contributed by atoms with Crippen molar-refractivity contribution < 1.29 is 4.79 Å². The molecule has 1 N–H and O–H groups in total. The van der Waals surface area contributed by atoms with Gasteiger partial charge in [0.1, 0.15) is 5.56 Å². The zero-order chi connectivity index (χ0) is 13.8. The summed E-state index contributed by atoms with van der Waals surface area (Å²) in [5.41, 5.74) is 2.06. The second-order valence-electron chi connectivity index (χ2n) is 4.51. The van der Waals surface area contributed by atoms with Crippen LogP contribution in [0.4, 0.5) is 0 Å². The Morgan fingerprint density at radius 2 is 1.89 bits per heavy atom. The van der Waals surface area contributed by atoms with Gasteiger partial charge in [-0.25, -0.2) is 0 Å². The molecule has 0 saturated heterocycles. The summed E-state index contributed by atoms with van der Waals surface area (Å²) in [6.45, 7) is 2.42. The first kappa shape index (κ1) is 13.1. The van der Waals surface area contributed by atoms with Gasteiger partial charge in [-0.3, -0.25) is 9.59 Å². The summed E-state index contributed by atoms with van der Waals surface area (Å²) in [7, 11) is 1.62. The predicted octanol–water partition coefficient (Wildman–Crippen LogP) is 1.62. The van der Waals surface area contributed by atoms with Gasteiger partial charge in [-0.05, 0) is 24.6 Å². The Labute approximate surface area is 111 Å². The maximum absolute atomic E-state index is 11.9. The molecule has 1 aromatic carbocycles. The third kappa shape index (κ3) is 3.10. The zero-order valence-electron chi connectivity index (χ0n) is 11.0. The van der Waals surface area contributed by atoms with Gasteiger partial charge in [0.05, 0.1) is 0 Å². The maximum Gasteiger partial charge on any atom is 0.263 e. The number of aromatic nitrogens is 1. The fraction of sp³-hybridized carbons (Fsp3) is 0.200. The molecule has 0 radical (unpaired) electrons. The number of hydrogen-bond acceptors (Lipinski definition) is 2. The molecule has 1 aromatic heterocycles. The molecule has 98 valence electrons. The minimum atomic E-state index is -0.346. The van der Waals surface area contributed by atoms with Crippen molar-refractivity contribution >= 4 is 5.91 Å². The van der Waals surface area contributed by atoms with E-state index in [2.05, 4.69) is 5.32 Å². The van der Waals surface area contributed by atoms with Crippen LogP contribution in [0, 0.1) is 6.92 Å². The lowest BCUT2D eigenvalue weighted by atomic mass is 10.1. The molecule has 0 aliphatic heterocycles. The van der Waals surface area contributed by atoms with Crippen molar-refractivity contribution in [2.24, 2.45) is 7.05 Å². The molecule has 0 fully saturated rings. The lowest BCUT2D eigenvalue weighted by Crippen LogP contribution is -2.31. The van der Waals surface area contributed by atoms with Gasteiger partial charge in [-0.2, -0.15) is 0 Å². The van der Waals surface area contributed by atoms with Gasteiger partial charge in [0.2, 0.25) is 0 Å². The van der Waals surface area contributed by atoms with Crippen LogP contribution < -0.4 is 10.9 Å². The van der Waals surface area contributed by atoms with Crippen LogP contribution in [0.3, 0.4) is 0 Å². The summed E-state index contributed by atoms with van der Waals surface area (Å²) in [6.07, 6.45) is 1.62. The fourth-order valence-electron chi connectivity index (χ4n) is 1.75. The van der Waals surface area contributed by atoms with Crippen molar-refractivity contribution in [1.29, 1.82) is 0 Å². The van der Waals surface area contributed by atoms with Gasteiger partial charge in [0.15, 0.2) is 0 Å². The Morgan fingerprint density at radius 1 is 1.21 bits per heavy atom. The molecule has 0 unspecified atom stereocenters. The summed E-state index contributed by atoms with van der Waals surface area (Å²) in [5.74, 6) is -0.346. The third-order valence-electron chi connectivity index (χ3n) is 2.94. The monoisotopic (exact) mass is 256 g/mol. The van der Waals surface area contributed by atoms with E-state index in [0.717, 1.165) is 5.56 Å². The van der Waals surface area contributed by atoms with Gasteiger partial charge in [-0.15, -0.1) is 0 Å². The van der Waals surface area contributed by atoms with Crippen molar-refractivity contribution in [3.05, 3.63) is 69.6 Å². The lowest BCUT2D eigenvalue weighted by molar-refractivity contribution is 0.0949. The van der Waals surface area contributed by atoms with Gasteiger partial charge in [0.25, 0.3) is 11.5 Å². The SMILES string of the molecule is Cc1ccc(CNC(=O)c2cccn(C)c2=O)cc1. The number of carbonyl (C=O) groups is 1. The first-order valence-corrected chi connectivity index (χ1v) is 6.07. The molecule has 2 aromatic rings.